The zero-order valence-corrected chi connectivity index (χ0v) is 13.1. The molecule has 0 unspecified atom stereocenters. The normalized spacial score (nSPS) is 22.1. The molecule has 2 aliphatic rings. The Kier molecular flexibility index (Phi) is 3.72. The summed E-state index contributed by atoms with van der Waals surface area (Å²) in [6, 6.07) is 5.23. The number of piperidine rings is 1. The van der Waals surface area contributed by atoms with Crippen LogP contribution >= 0.6 is 0 Å². The molecule has 0 atom stereocenters. The van der Waals surface area contributed by atoms with Gasteiger partial charge < -0.3 is 10.2 Å². The number of aromatic nitrogens is 1. The van der Waals surface area contributed by atoms with Crippen molar-refractivity contribution in [1.29, 1.82) is 0 Å². The molecule has 0 radical (unpaired) electrons. The third-order valence-electron chi connectivity index (χ3n) is 4.56. The summed E-state index contributed by atoms with van der Waals surface area (Å²) in [5.41, 5.74) is 2.94. The summed E-state index contributed by atoms with van der Waals surface area (Å²) in [5, 5.41) is 3.57. The fourth-order valence-corrected chi connectivity index (χ4v) is 3.10. The van der Waals surface area contributed by atoms with Crippen molar-refractivity contribution >= 4 is 5.82 Å². The summed E-state index contributed by atoms with van der Waals surface area (Å²) in [7, 11) is 0. The molecule has 2 heterocycles. The molecular formula is C17H27N3. The highest BCUT2D eigenvalue weighted by atomic mass is 15.2. The molecule has 1 aromatic heterocycles. The summed E-state index contributed by atoms with van der Waals surface area (Å²) < 4.78 is 0. The van der Waals surface area contributed by atoms with Gasteiger partial charge in [-0.15, -0.1) is 0 Å². The number of nitrogens with one attached hydrogen (secondary N) is 1. The van der Waals surface area contributed by atoms with E-state index in [0.717, 1.165) is 31.5 Å². The van der Waals surface area contributed by atoms with Crippen molar-refractivity contribution < 1.29 is 0 Å². The average molecular weight is 273 g/mol. The zero-order chi connectivity index (χ0) is 14.2. The molecule has 0 spiro atoms. The molecule has 1 saturated carbocycles. The van der Waals surface area contributed by atoms with Gasteiger partial charge in [0.1, 0.15) is 5.82 Å². The molecule has 0 amide bonds. The first-order chi connectivity index (χ1) is 9.53. The molecule has 1 aromatic rings. The van der Waals surface area contributed by atoms with E-state index >= 15 is 0 Å². The van der Waals surface area contributed by atoms with Crippen molar-refractivity contribution in [3.8, 4) is 0 Å². The lowest BCUT2D eigenvalue weighted by Gasteiger charge is -2.38. The van der Waals surface area contributed by atoms with Gasteiger partial charge in [0.2, 0.25) is 0 Å². The minimum atomic E-state index is 0.417. The fourth-order valence-electron chi connectivity index (χ4n) is 3.10. The second kappa shape index (κ2) is 5.36. The largest absolute Gasteiger partial charge is 0.356 e. The molecule has 2 fully saturated rings. The Hall–Kier alpha value is -1.09. The van der Waals surface area contributed by atoms with Crippen molar-refractivity contribution in [3.63, 3.8) is 0 Å². The number of hydrogen-bond acceptors (Lipinski definition) is 3. The number of pyridine rings is 1. The minimum absolute atomic E-state index is 0.417. The zero-order valence-electron chi connectivity index (χ0n) is 13.1. The van der Waals surface area contributed by atoms with Crippen molar-refractivity contribution in [1.82, 2.24) is 10.3 Å². The molecule has 1 aliphatic heterocycles. The Bertz CT molecular complexity index is 477. The van der Waals surface area contributed by atoms with E-state index in [1.165, 1.54) is 36.9 Å². The van der Waals surface area contributed by atoms with Crippen LogP contribution in [0, 0.1) is 12.3 Å². The summed E-state index contributed by atoms with van der Waals surface area (Å²) in [6.45, 7) is 10.1. The van der Waals surface area contributed by atoms with Crippen molar-refractivity contribution in [3.05, 3.63) is 23.4 Å². The van der Waals surface area contributed by atoms with Crippen LogP contribution in [-0.2, 0) is 6.54 Å². The maximum Gasteiger partial charge on any atom is 0.128 e. The Morgan fingerprint density at radius 1 is 1.35 bits per heavy atom. The SMILES string of the molecule is Cc1nc(N2CCCC(C)(C)C2)ccc1CNC1CC1. The predicted molar refractivity (Wildman–Crippen MR) is 84.1 cm³/mol. The number of anilines is 1. The second-order valence-corrected chi connectivity index (χ2v) is 7.26. The van der Waals surface area contributed by atoms with E-state index in [2.05, 4.69) is 43.1 Å². The van der Waals surface area contributed by atoms with Gasteiger partial charge in [-0.25, -0.2) is 4.98 Å². The van der Waals surface area contributed by atoms with E-state index in [1.807, 2.05) is 0 Å². The van der Waals surface area contributed by atoms with E-state index in [9.17, 15) is 0 Å². The van der Waals surface area contributed by atoms with Gasteiger partial charge >= 0.3 is 0 Å². The number of hydrogen-bond donors (Lipinski definition) is 1. The molecule has 0 aromatic carbocycles. The topological polar surface area (TPSA) is 28.2 Å². The fraction of sp³-hybridized carbons (Fsp3) is 0.706. The standard InChI is InChI=1S/C17H27N3/c1-13-14(11-18-15-6-7-15)5-8-16(19-13)20-10-4-9-17(2,3)12-20/h5,8,15,18H,4,6-7,9-12H2,1-3H3. The third kappa shape index (κ3) is 3.32. The van der Waals surface area contributed by atoms with Gasteiger partial charge in [0.25, 0.3) is 0 Å². The Morgan fingerprint density at radius 3 is 2.80 bits per heavy atom. The molecule has 110 valence electrons. The van der Waals surface area contributed by atoms with Gasteiger partial charge in [-0.1, -0.05) is 19.9 Å². The van der Waals surface area contributed by atoms with Crippen LogP contribution in [-0.4, -0.2) is 24.1 Å². The highest BCUT2D eigenvalue weighted by Gasteiger charge is 2.27. The molecule has 3 nitrogen and oxygen atoms in total. The van der Waals surface area contributed by atoms with E-state index in [-0.39, 0.29) is 0 Å². The molecule has 20 heavy (non-hydrogen) atoms. The van der Waals surface area contributed by atoms with Crippen LogP contribution in [0.15, 0.2) is 12.1 Å². The smallest absolute Gasteiger partial charge is 0.128 e. The Balaban J connectivity index is 1.68. The molecule has 0 bridgehead atoms. The van der Waals surface area contributed by atoms with Crippen LogP contribution in [0.2, 0.25) is 0 Å². The molecule has 3 heteroatoms. The van der Waals surface area contributed by atoms with Crippen molar-refractivity contribution in [2.24, 2.45) is 5.41 Å². The molecule has 1 N–H and O–H groups in total. The van der Waals surface area contributed by atoms with Crippen LogP contribution in [0.4, 0.5) is 5.82 Å². The molecule has 1 aliphatic carbocycles. The van der Waals surface area contributed by atoms with Gasteiger partial charge in [-0.3, -0.25) is 0 Å². The molecule has 3 rings (SSSR count). The van der Waals surface area contributed by atoms with E-state index < -0.39 is 0 Å². The van der Waals surface area contributed by atoms with Gasteiger partial charge in [0.15, 0.2) is 0 Å². The van der Waals surface area contributed by atoms with Crippen LogP contribution in [0.5, 0.6) is 0 Å². The van der Waals surface area contributed by atoms with Gasteiger partial charge in [-0.05, 0) is 49.7 Å². The van der Waals surface area contributed by atoms with Crippen LogP contribution in [0.3, 0.4) is 0 Å². The number of aryl methyl sites for hydroxylation is 1. The van der Waals surface area contributed by atoms with Crippen LogP contribution in [0.25, 0.3) is 0 Å². The lowest BCUT2D eigenvalue weighted by molar-refractivity contribution is 0.292. The summed E-state index contributed by atoms with van der Waals surface area (Å²) in [5.74, 6) is 1.16. The maximum atomic E-state index is 4.85. The monoisotopic (exact) mass is 273 g/mol. The first-order valence-corrected chi connectivity index (χ1v) is 7.98. The van der Waals surface area contributed by atoms with Crippen molar-refractivity contribution in [2.45, 2.75) is 59.0 Å². The van der Waals surface area contributed by atoms with Crippen LogP contribution in [0.1, 0.15) is 50.8 Å². The van der Waals surface area contributed by atoms with Gasteiger partial charge in [-0.2, -0.15) is 0 Å². The minimum Gasteiger partial charge on any atom is -0.356 e. The average Bonchev–Trinajstić information content (AvgIpc) is 3.20. The van der Waals surface area contributed by atoms with E-state index in [4.69, 9.17) is 4.98 Å². The molecule has 1 saturated heterocycles. The van der Waals surface area contributed by atoms with Crippen LogP contribution < -0.4 is 10.2 Å². The van der Waals surface area contributed by atoms with E-state index in [0.29, 0.717) is 5.41 Å². The second-order valence-electron chi connectivity index (χ2n) is 7.26. The molecular weight excluding hydrogens is 246 g/mol. The first kappa shape index (κ1) is 13.9. The summed E-state index contributed by atoms with van der Waals surface area (Å²) >= 11 is 0. The first-order valence-electron chi connectivity index (χ1n) is 7.98. The lowest BCUT2D eigenvalue weighted by atomic mass is 9.84. The van der Waals surface area contributed by atoms with Gasteiger partial charge in [0.05, 0.1) is 0 Å². The number of rotatable bonds is 4. The maximum absolute atomic E-state index is 4.85. The Labute approximate surface area is 122 Å². The summed E-state index contributed by atoms with van der Waals surface area (Å²) in [4.78, 5) is 7.30. The third-order valence-corrected chi connectivity index (χ3v) is 4.56. The highest BCUT2D eigenvalue weighted by Crippen LogP contribution is 2.31. The number of nitrogens with zero attached hydrogens (tertiary/aromatic N) is 2. The predicted octanol–water partition coefficient (Wildman–Crippen LogP) is 3.27. The van der Waals surface area contributed by atoms with Crippen molar-refractivity contribution in [2.75, 3.05) is 18.0 Å². The van der Waals surface area contributed by atoms with E-state index in [1.54, 1.807) is 0 Å². The Morgan fingerprint density at radius 2 is 2.15 bits per heavy atom. The highest BCUT2D eigenvalue weighted by molar-refractivity contribution is 5.42. The lowest BCUT2D eigenvalue weighted by Crippen LogP contribution is -2.40. The summed E-state index contributed by atoms with van der Waals surface area (Å²) in [6.07, 6.45) is 5.28. The van der Waals surface area contributed by atoms with Gasteiger partial charge in [0, 0.05) is 31.4 Å². The quantitative estimate of drug-likeness (QED) is 0.912.